The van der Waals surface area contributed by atoms with Crippen molar-refractivity contribution in [3.05, 3.63) is 35.9 Å². The zero-order valence-electron chi connectivity index (χ0n) is 16.8. The number of amides is 3. The molecule has 1 aromatic rings. The quantitative estimate of drug-likeness (QED) is 0.836. The van der Waals surface area contributed by atoms with E-state index in [2.05, 4.69) is 5.32 Å². The molecule has 3 saturated heterocycles. The first-order chi connectivity index (χ1) is 14.1. The van der Waals surface area contributed by atoms with Crippen LogP contribution in [0.25, 0.3) is 0 Å². The Bertz CT molecular complexity index is 811. The van der Waals surface area contributed by atoms with Crippen molar-refractivity contribution in [1.29, 1.82) is 0 Å². The van der Waals surface area contributed by atoms with Gasteiger partial charge in [0.25, 0.3) is 5.91 Å². The zero-order valence-corrected chi connectivity index (χ0v) is 16.8. The third-order valence-corrected chi connectivity index (χ3v) is 7.46. The standard InChI is InChI=1S/C23H29N3O3/c27-21-13-17-10-11-18(14-24-21)25(17)23(29)20-12-16-8-4-5-9-19(16)26(20)22(28)15-6-2-1-3-7-15/h1-3,6-7,16-20H,4-5,8-14H2,(H,24,27)/t16-,17?,18?,19-,20-/m0/s1. The molecule has 3 aliphatic heterocycles. The van der Waals surface area contributed by atoms with Crippen LogP contribution in [-0.4, -0.2) is 58.2 Å². The van der Waals surface area contributed by atoms with Crippen LogP contribution >= 0.6 is 0 Å². The fourth-order valence-electron chi connectivity index (χ4n) is 6.11. The van der Waals surface area contributed by atoms with Crippen LogP contribution in [0.3, 0.4) is 0 Å². The van der Waals surface area contributed by atoms with Gasteiger partial charge in [0.05, 0.1) is 0 Å². The number of nitrogens with one attached hydrogen (secondary N) is 1. The maximum atomic E-state index is 13.8. The van der Waals surface area contributed by atoms with E-state index < -0.39 is 6.04 Å². The SMILES string of the molecule is O=C1CC2CCC(CN1)N2C(=O)[C@@H]1C[C@@H]2CCCC[C@@H]2N1C(=O)c1ccccc1. The van der Waals surface area contributed by atoms with E-state index in [0.717, 1.165) is 38.5 Å². The second-order valence-electron chi connectivity index (χ2n) is 9.08. The molecule has 6 heteroatoms. The summed E-state index contributed by atoms with van der Waals surface area (Å²) in [4.78, 5) is 43.2. The number of carbonyl (C=O) groups is 3. The summed E-state index contributed by atoms with van der Waals surface area (Å²) in [5.41, 5.74) is 0.659. The Balaban J connectivity index is 1.46. The van der Waals surface area contributed by atoms with Gasteiger partial charge in [-0.1, -0.05) is 31.0 Å². The smallest absolute Gasteiger partial charge is 0.254 e. The number of benzene rings is 1. The van der Waals surface area contributed by atoms with Gasteiger partial charge in [0.2, 0.25) is 11.8 Å². The molecule has 1 N–H and O–H groups in total. The van der Waals surface area contributed by atoms with Crippen molar-refractivity contribution in [3.63, 3.8) is 0 Å². The number of rotatable bonds is 2. The Labute approximate surface area is 171 Å². The normalized spacial score (nSPS) is 33.8. The highest BCUT2D eigenvalue weighted by Crippen LogP contribution is 2.42. The molecular weight excluding hydrogens is 366 g/mol. The van der Waals surface area contributed by atoms with Gasteiger partial charge in [0.1, 0.15) is 6.04 Å². The summed E-state index contributed by atoms with van der Waals surface area (Å²) >= 11 is 0. The summed E-state index contributed by atoms with van der Waals surface area (Å²) in [5, 5.41) is 2.95. The van der Waals surface area contributed by atoms with Gasteiger partial charge in [-0.25, -0.2) is 0 Å². The van der Waals surface area contributed by atoms with E-state index in [-0.39, 0.29) is 35.8 Å². The molecule has 0 aromatic heterocycles. The molecule has 2 bridgehead atoms. The monoisotopic (exact) mass is 395 g/mol. The van der Waals surface area contributed by atoms with Crippen molar-refractivity contribution in [2.75, 3.05) is 6.54 Å². The van der Waals surface area contributed by atoms with Gasteiger partial charge >= 0.3 is 0 Å². The molecule has 3 amide bonds. The summed E-state index contributed by atoms with van der Waals surface area (Å²) in [6, 6.07) is 9.17. The van der Waals surface area contributed by atoms with Crippen molar-refractivity contribution in [2.45, 2.75) is 75.5 Å². The Morgan fingerprint density at radius 2 is 1.69 bits per heavy atom. The lowest BCUT2D eigenvalue weighted by molar-refractivity contribution is -0.138. The second-order valence-corrected chi connectivity index (χ2v) is 9.08. The largest absolute Gasteiger partial charge is 0.354 e. The lowest BCUT2D eigenvalue weighted by atomic mass is 9.84. The van der Waals surface area contributed by atoms with E-state index in [1.807, 2.05) is 40.1 Å². The van der Waals surface area contributed by atoms with Crippen LogP contribution in [0.15, 0.2) is 30.3 Å². The number of carbonyl (C=O) groups excluding carboxylic acids is 3. The van der Waals surface area contributed by atoms with Gasteiger partial charge in [-0.15, -0.1) is 0 Å². The van der Waals surface area contributed by atoms with Gasteiger partial charge in [0.15, 0.2) is 0 Å². The fraction of sp³-hybridized carbons (Fsp3) is 0.609. The molecule has 1 aromatic carbocycles. The van der Waals surface area contributed by atoms with Crippen molar-refractivity contribution in [3.8, 4) is 0 Å². The molecule has 4 aliphatic rings. The van der Waals surface area contributed by atoms with Crippen molar-refractivity contribution < 1.29 is 14.4 Å². The van der Waals surface area contributed by atoms with E-state index in [4.69, 9.17) is 0 Å². The average molecular weight is 396 g/mol. The number of fused-ring (bicyclic) bond motifs is 3. The molecule has 5 atom stereocenters. The molecule has 0 radical (unpaired) electrons. The highest BCUT2D eigenvalue weighted by molar-refractivity contribution is 5.98. The van der Waals surface area contributed by atoms with Crippen LogP contribution in [0.4, 0.5) is 0 Å². The molecule has 0 spiro atoms. The topological polar surface area (TPSA) is 69.7 Å². The average Bonchev–Trinajstić information content (AvgIpc) is 3.27. The zero-order chi connectivity index (χ0) is 20.0. The third kappa shape index (κ3) is 3.22. The van der Waals surface area contributed by atoms with Crippen LogP contribution < -0.4 is 5.32 Å². The second kappa shape index (κ2) is 7.47. The predicted molar refractivity (Wildman–Crippen MR) is 108 cm³/mol. The summed E-state index contributed by atoms with van der Waals surface area (Å²) in [6.45, 7) is 0.535. The lowest BCUT2D eigenvalue weighted by Gasteiger charge is -2.36. The van der Waals surface area contributed by atoms with Crippen LogP contribution in [0.2, 0.25) is 0 Å². The molecule has 1 saturated carbocycles. The highest BCUT2D eigenvalue weighted by Gasteiger charge is 2.51. The Morgan fingerprint density at radius 1 is 0.931 bits per heavy atom. The molecule has 5 rings (SSSR count). The summed E-state index contributed by atoms with van der Waals surface area (Å²) < 4.78 is 0. The third-order valence-electron chi connectivity index (χ3n) is 7.46. The summed E-state index contributed by atoms with van der Waals surface area (Å²) in [6.07, 6.45) is 7.35. The Kier molecular flexibility index (Phi) is 4.80. The molecular formula is C23H29N3O3. The van der Waals surface area contributed by atoms with Gasteiger partial charge in [-0.2, -0.15) is 0 Å². The Morgan fingerprint density at radius 3 is 2.52 bits per heavy atom. The van der Waals surface area contributed by atoms with Crippen molar-refractivity contribution >= 4 is 17.7 Å². The van der Waals surface area contributed by atoms with Crippen molar-refractivity contribution in [1.82, 2.24) is 15.1 Å². The van der Waals surface area contributed by atoms with E-state index in [1.165, 1.54) is 6.42 Å². The molecule has 2 unspecified atom stereocenters. The number of likely N-dealkylation sites (tertiary alicyclic amines) is 1. The number of nitrogens with zero attached hydrogens (tertiary/aromatic N) is 2. The van der Waals surface area contributed by atoms with Gasteiger partial charge in [-0.05, 0) is 50.2 Å². The van der Waals surface area contributed by atoms with Gasteiger partial charge in [-0.3, -0.25) is 14.4 Å². The molecule has 29 heavy (non-hydrogen) atoms. The van der Waals surface area contributed by atoms with Crippen LogP contribution in [0.1, 0.15) is 61.7 Å². The Hall–Kier alpha value is -2.37. The maximum Gasteiger partial charge on any atom is 0.254 e. The van der Waals surface area contributed by atoms with Gasteiger partial charge < -0.3 is 15.1 Å². The molecule has 4 fully saturated rings. The van der Waals surface area contributed by atoms with Crippen LogP contribution in [0.5, 0.6) is 0 Å². The lowest BCUT2D eigenvalue weighted by Crippen LogP contribution is -2.54. The van der Waals surface area contributed by atoms with Crippen molar-refractivity contribution in [2.24, 2.45) is 5.92 Å². The van der Waals surface area contributed by atoms with E-state index in [1.54, 1.807) is 0 Å². The minimum Gasteiger partial charge on any atom is -0.354 e. The van der Waals surface area contributed by atoms with Crippen LogP contribution in [-0.2, 0) is 9.59 Å². The van der Waals surface area contributed by atoms with E-state index in [0.29, 0.717) is 24.4 Å². The predicted octanol–water partition coefficient (Wildman–Crippen LogP) is 2.34. The number of hydrogen-bond acceptors (Lipinski definition) is 3. The highest BCUT2D eigenvalue weighted by atomic mass is 16.2. The molecule has 3 heterocycles. The first kappa shape index (κ1) is 18.6. The minimum absolute atomic E-state index is 0.0188. The molecule has 1 aliphatic carbocycles. The summed E-state index contributed by atoms with van der Waals surface area (Å²) in [5.74, 6) is 0.490. The maximum absolute atomic E-state index is 13.8. The van der Waals surface area contributed by atoms with E-state index in [9.17, 15) is 14.4 Å². The summed E-state index contributed by atoms with van der Waals surface area (Å²) in [7, 11) is 0. The van der Waals surface area contributed by atoms with Crippen LogP contribution in [0, 0.1) is 5.92 Å². The first-order valence-corrected chi connectivity index (χ1v) is 11.1. The van der Waals surface area contributed by atoms with E-state index >= 15 is 0 Å². The first-order valence-electron chi connectivity index (χ1n) is 11.1. The fourth-order valence-corrected chi connectivity index (χ4v) is 6.11. The number of hydrogen-bond donors (Lipinski definition) is 1. The molecule has 154 valence electrons. The molecule has 6 nitrogen and oxygen atoms in total. The minimum atomic E-state index is -0.396. The van der Waals surface area contributed by atoms with Gasteiger partial charge in [0, 0.05) is 36.7 Å².